The van der Waals surface area contributed by atoms with Gasteiger partial charge in [0.2, 0.25) is 11.8 Å². The van der Waals surface area contributed by atoms with Gasteiger partial charge in [0, 0.05) is 32.1 Å². The van der Waals surface area contributed by atoms with Gasteiger partial charge in [0.1, 0.15) is 0 Å². The fourth-order valence-corrected chi connectivity index (χ4v) is 3.80. The summed E-state index contributed by atoms with van der Waals surface area (Å²) >= 11 is 0. The Morgan fingerprint density at radius 3 is 2.08 bits per heavy atom. The molecule has 1 aliphatic carbocycles. The van der Waals surface area contributed by atoms with Gasteiger partial charge in [-0.2, -0.15) is 0 Å². The van der Waals surface area contributed by atoms with Crippen molar-refractivity contribution in [2.75, 3.05) is 26.2 Å². The lowest BCUT2D eigenvalue weighted by Crippen LogP contribution is -2.38. The minimum atomic E-state index is 0.192. The third-order valence-corrected chi connectivity index (χ3v) is 5.94. The van der Waals surface area contributed by atoms with Crippen LogP contribution in [0.4, 0.5) is 0 Å². The molecule has 0 atom stereocenters. The van der Waals surface area contributed by atoms with Crippen LogP contribution in [0.15, 0.2) is 6.07 Å². The number of carbonyl (C=O) groups excluding carboxylic acids is 2. The lowest BCUT2D eigenvalue weighted by molar-refractivity contribution is -0.134. The molecule has 2 aliphatic rings. The number of benzene rings is 1. The lowest BCUT2D eigenvalue weighted by Gasteiger charge is -2.23. The van der Waals surface area contributed by atoms with Crippen LogP contribution < -0.4 is 0 Å². The van der Waals surface area contributed by atoms with Crippen LogP contribution in [0.3, 0.4) is 0 Å². The predicted octanol–water partition coefficient (Wildman–Crippen LogP) is 2.93. The van der Waals surface area contributed by atoms with Gasteiger partial charge < -0.3 is 9.80 Å². The van der Waals surface area contributed by atoms with Crippen molar-refractivity contribution in [3.8, 4) is 0 Å². The van der Waals surface area contributed by atoms with Gasteiger partial charge >= 0.3 is 0 Å². The second kappa shape index (κ2) is 7.19. The topological polar surface area (TPSA) is 40.6 Å². The molecule has 1 saturated carbocycles. The molecule has 25 heavy (non-hydrogen) atoms. The summed E-state index contributed by atoms with van der Waals surface area (Å²) in [7, 11) is 0. The van der Waals surface area contributed by atoms with E-state index >= 15 is 0 Å². The van der Waals surface area contributed by atoms with Gasteiger partial charge in [-0.3, -0.25) is 9.59 Å². The third-order valence-electron chi connectivity index (χ3n) is 5.94. The molecular weight excluding hydrogens is 312 g/mol. The summed E-state index contributed by atoms with van der Waals surface area (Å²) in [6.45, 7) is 11.4. The summed E-state index contributed by atoms with van der Waals surface area (Å²) in [6, 6.07) is 2.20. The van der Waals surface area contributed by atoms with Gasteiger partial charge in [0.15, 0.2) is 0 Å². The van der Waals surface area contributed by atoms with Crippen molar-refractivity contribution < 1.29 is 9.59 Å². The molecule has 0 radical (unpaired) electrons. The largest absolute Gasteiger partial charge is 0.341 e. The molecule has 0 unspecified atom stereocenters. The SMILES string of the molecule is Cc1cc(C)c(C)c(CC(=O)N2CCCN(C(=O)C3CC3)CC2)c1C. The number of hydrogen-bond donors (Lipinski definition) is 0. The van der Waals surface area contributed by atoms with Crippen molar-refractivity contribution in [1.82, 2.24) is 9.80 Å². The van der Waals surface area contributed by atoms with Crippen LogP contribution in [0, 0.1) is 33.6 Å². The Bertz CT molecular complexity index is 665. The number of rotatable bonds is 3. The maximum atomic E-state index is 12.9. The number of amides is 2. The molecule has 0 N–H and O–H groups in total. The Labute approximate surface area is 151 Å². The lowest BCUT2D eigenvalue weighted by atomic mass is 9.92. The molecule has 1 heterocycles. The van der Waals surface area contributed by atoms with E-state index < -0.39 is 0 Å². The molecule has 3 rings (SSSR count). The first-order valence-corrected chi connectivity index (χ1v) is 9.51. The molecule has 1 saturated heterocycles. The van der Waals surface area contributed by atoms with Gasteiger partial charge in [-0.1, -0.05) is 6.07 Å². The van der Waals surface area contributed by atoms with Gasteiger partial charge in [-0.25, -0.2) is 0 Å². The van der Waals surface area contributed by atoms with Crippen molar-refractivity contribution in [3.63, 3.8) is 0 Å². The minimum Gasteiger partial charge on any atom is -0.341 e. The van der Waals surface area contributed by atoms with E-state index in [-0.39, 0.29) is 11.8 Å². The first kappa shape index (κ1) is 18.0. The summed E-state index contributed by atoms with van der Waals surface area (Å²) < 4.78 is 0. The Balaban J connectivity index is 1.67. The van der Waals surface area contributed by atoms with Crippen LogP contribution in [0.25, 0.3) is 0 Å². The van der Waals surface area contributed by atoms with E-state index in [1.165, 1.54) is 27.8 Å². The number of carbonyl (C=O) groups is 2. The molecule has 1 aliphatic heterocycles. The highest BCUT2D eigenvalue weighted by molar-refractivity contribution is 5.82. The van der Waals surface area contributed by atoms with Crippen LogP contribution in [-0.4, -0.2) is 47.8 Å². The second-order valence-corrected chi connectivity index (χ2v) is 7.75. The first-order valence-electron chi connectivity index (χ1n) is 9.51. The Kier molecular flexibility index (Phi) is 5.16. The average Bonchev–Trinajstić information content (AvgIpc) is 3.42. The van der Waals surface area contributed by atoms with Gasteiger partial charge in [0.25, 0.3) is 0 Å². The van der Waals surface area contributed by atoms with Crippen LogP contribution in [0.1, 0.15) is 47.1 Å². The van der Waals surface area contributed by atoms with Crippen molar-refractivity contribution in [2.24, 2.45) is 5.92 Å². The summed E-state index contributed by atoms with van der Waals surface area (Å²) in [6.07, 6.45) is 3.44. The zero-order chi connectivity index (χ0) is 18.1. The van der Waals surface area contributed by atoms with Crippen molar-refractivity contribution in [3.05, 3.63) is 33.9 Å². The second-order valence-electron chi connectivity index (χ2n) is 7.75. The standard InChI is InChI=1S/C21H30N2O2/c1-14-12-15(2)17(4)19(16(14)3)13-20(24)22-8-5-9-23(11-10-22)21(25)18-6-7-18/h12,18H,5-11,13H2,1-4H3. The van der Waals surface area contributed by atoms with E-state index in [4.69, 9.17) is 0 Å². The molecule has 136 valence electrons. The highest BCUT2D eigenvalue weighted by Crippen LogP contribution is 2.31. The van der Waals surface area contributed by atoms with Crippen molar-refractivity contribution in [1.29, 1.82) is 0 Å². The molecule has 0 aromatic heterocycles. The van der Waals surface area contributed by atoms with Gasteiger partial charge in [-0.15, -0.1) is 0 Å². The van der Waals surface area contributed by atoms with Gasteiger partial charge in [-0.05, 0) is 74.8 Å². The summed E-state index contributed by atoms with van der Waals surface area (Å²) in [5.74, 6) is 0.759. The van der Waals surface area contributed by atoms with E-state index in [1.54, 1.807) is 0 Å². The number of hydrogen-bond acceptors (Lipinski definition) is 2. The minimum absolute atomic E-state index is 0.192. The molecular formula is C21H30N2O2. The molecule has 1 aromatic carbocycles. The fraction of sp³-hybridized carbons (Fsp3) is 0.619. The molecule has 1 aromatic rings. The van der Waals surface area contributed by atoms with Gasteiger partial charge in [0.05, 0.1) is 6.42 Å². The number of nitrogens with zero attached hydrogens (tertiary/aromatic N) is 2. The molecule has 2 amide bonds. The molecule has 0 spiro atoms. The molecule has 2 fully saturated rings. The highest BCUT2D eigenvalue weighted by Gasteiger charge is 2.34. The third kappa shape index (κ3) is 3.88. The van der Waals surface area contributed by atoms with Crippen LogP contribution in [0.5, 0.6) is 0 Å². The molecule has 0 bridgehead atoms. The molecule has 4 heteroatoms. The Morgan fingerprint density at radius 1 is 0.920 bits per heavy atom. The van der Waals surface area contributed by atoms with Crippen molar-refractivity contribution in [2.45, 2.75) is 53.4 Å². The Hall–Kier alpha value is -1.84. The van der Waals surface area contributed by atoms with E-state index in [1.807, 2.05) is 9.80 Å². The Morgan fingerprint density at radius 2 is 1.48 bits per heavy atom. The number of aryl methyl sites for hydroxylation is 2. The smallest absolute Gasteiger partial charge is 0.227 e. The highest BCUT2D eigenvalue weighted by atomic mass is 16.2. The van der Waals surface area contributed by atoms with Crippen molar-refractivity contribution >= 4 is 11.8 Å². The predicted molar refractivity (Wildman–Crippen MR) is 99.6 cm³/mol. The maximum absolute atomic E-state index is 12.9. The molecule has 4 nitrogen and oxygen atoms in total. The monoisotopic (exact) mass is 342 g/mol. The fourth-order valence-electron chi connectivity index (χ4n) is 3.80. The first-order chi connectivity index (χ1) is 11.9. The normalized spacial score (nSPS) is 18.2. The average molecular weight is 342 g/mol. The zero-order valence-corrected chi connectivity index (χ0v) is 16.0. The van der Waals surface area contributed by atoms with E-state index in [9.17, 15) is 9.59 Å². The van der Waals surface area contributed by atoms with E-state index in [0.29, 0.717) is 25.4 Å². The summed E-state index contributed by atoms with van der Waals surface area (Å²) in [4.78, 5) is 29.1. The summed E-state index contributed by atoms with van der Waals surface area (Å²) in [5.41, 5.74) is 6.15. The maximum Gasteiger partial charge on any atom is 0.227 e. The summed E-state index contributed by atoms with van der Waals surface area (Å²) in [5, 5.41) is 0. The van der Waals surface area contributed by atoms with E-state index in [0.717, 1.165) is 32.4 Å². The van der Waals surface area contributed by atoms with Crippen LogP contribution >= 0.6 is 0 Å². The van der Waals surface area contributed by atoms with Crippen LogP contribution in [-0.2, 0) is 16.0 Å². The van der Waals surface area contributed by atoms with E-state index in [2.05, 4.69) is 33.8 Å². The quantitative estimate of drug-likeness (QED) is 0.847. The van der Waals surface area contributed by atoms with Crippen LogP contribution in [0.2, 0.25) is 0 Å². The zero-order valence-electron chi connectivity index (χ0n) is 16.0.